The number of imidazole rings is 1. The molecule has 0 spiro atoms. The second kappa shape index (κ2) is 10.2. The molecule has 4 heterocycles. The van der Waals surface area contributed by atoms with Crippen LogP contribution in [0, 0.1) is 5.92 Å². The second-order valence-corrected chi connectivity index (χ2v) is 12.0. The average molecular weight is 536 g/mol. The number of urea groups is 1. The van der Waals surface area contributed by atoms with Gasteiger partial charge in [0, 0.05) is 24.0 Å². The van der Waals surface area contributed by atoms with Crippen molar-refractivity contribution in [1.82, 2.24) is 39.6 Å². The molecule has 5 atom stereocenters. The van der Waals surface area contributed by atoms with E-state index < -0.39 is 16.1 Å². The number of thioether (sulfide) groups is 1. The fourth-order valence-electron chi connectivity index (χ4n) is 4.95. The lowest BCUT2D eigenvalue weighted by atomic mass is 10.0. The van der Waals surface area contributed by atoms with Crippen LogP contribution in [0.15, 0.2) is 24.8 Å². The Bertz CT molecular complexity index is 1280. The lowest BCUT2D eigenvalue weighted by Crippen LogP contribution is -2.41. The van der Waals surface area contributed by atoms with Crippen molar-refractivity contribution in [2.24, 2.45) is 5.92 Å². The molecule has 6 N–H and O–H groups in total. The number of anilines is 1. The molecule has 0 saturated carbocycles. The number of unbranched alkanes of at least 4 members (excludes halogenated alkanes) is 1. The van der Waals surface area contributed by atoms with Gasteiger partial charge in [-0.15, -0.1) is 0 Å². The summed E-state index contributed by atoms with van der Waals surface area (Å²) in [5.74, 6) is 0.623. The number of hydrogen-bond acceptors (Lipinski definition) is 9. The van der Waals surface area contributed by atoms with E-state index in [1.165, 1.54) is 6.33 Å². The number of carbonyl (C=O) groups is 2. The number of nitrogens with one attached hydrogen (secondary N) is 4. The molecule has 15 heteroatoms. The van der Waals surface area contributed by atoms with Crippen molar-refractivity contribution in [3.8, 4) is 0 Å². The quantitative estimate of drug-likeness (QED) is 0.161. The topological polar surface area (TPSA) is 186 Å². The summed E-state index contributed by atoms with van der Waals surface area (Å²) < 4.78 is 31.2. The number of nitrogens with zero attached hydrogens (tertiary/aromatic N) is 4. The van der Waals surface area contributed by atoms with E-state index in [1.54, 1.807) is 6.33 Å². The van der Waals surface area contributed by atoms with E-state index in [9.17, 15) is 18.0 Å². The first kappa shape index (κ1) is 24.8. The van der Waals surface area contributed by atoms with E-state index in [-0.39, 0.29) is 43.0 Å². The number of nitrogen functional groups attached to an aromatic ring is 1. The third-order valence-electron chi connectivity index (χ3n) is 6.76. The Labute approximate surface area is 212 Å². The van der Waals surface area contributed by atoms with Crippen molar-refractivity contribution in [2.75, 3.05) is 18.0 Å². The lowest BCUT2D eigenvalue weighted by Gasteiger charge is -2.16. The molecule has 0 radical (unpaired) electrons. The van der Waals surface area contributed by atoms with Gasteiger partial charge in [0.05, 0.1) is 24.5 Å². The van der Waals surface area contributed by atoms with Crippen molar-refractivity contribution in [1.29, 1.82) is 0 Å². The molecule has 0 aromatic carbocycles. The Morgan fingerprint density at radius 1 is 1.22 bits per heavy atom. The molecular weight excluding hydrogens is 506 g/mol. The number of carbonyl (C=O) groups excluding carboxylic acids is 2. The Hall–Kier alpha value is -2.91. The van der Waals surface area contributed by atoms with E-state index in [0.717, 1.165) is 18.6 Å². The molecule has 1 aliphatic carbocycles. The summed E-state index contributed by atoms with van der Waals surface area (Å²) in [7, 11) is -3.95. The van der Waals surface area contributed by atoms with Crippen LogP contribution in [0.2, 0.25) is 0 Å². The van der Waals surface area contributed by atoms with Gasteiger partial charge in [0.1, 0.15) is 11.8 Å². The summed E-state index contributed by atoms with van der Waals surface area (Å²) in [6.07, 6.45) is 9.98. The van der Waals surface area contributed by atoms with Crippen LogP contribution in [0.25, 0.3) is 11.2 Å². The maximum Gasteiger partial charge on any atom is 0.315 e. The normalized spacial score (nSPS) is 27.2. The van der Waals surface area contributed by atoms with Gasteiger partial charge in [0.15, 0.2) is 11.5 Å². The van der Waals surface area contributed by atoms with Crippen LogP contribution in [0.4, 0.5) is 10.6 Å². The molecule has 2 aromatic heterocycles. The van der Waals surface area contributed by atoms with Gasteiger partial charge in [-0.25, -0.2) is 24.5 Å². The Morgan fingerprint density at radius 3 is 2.94 bits per heavy atom. The van der Waals surface area contributed by atoms with Crippen molar-refractivity contribution in [3.63, 3.8) is 0 Å². The highest BCUT2D eigenvalue weighted by atomic mass is 32.2. The van der Waals surface area contributed by atoms with Crippen molar-refractivity contribution in [3.05, 3.63) is 24.8 Å². The highest BCUT2D eigenvalue weighted by molar-refractivity contribution is 8.00. The predicted octanol–water partition coefficient (Wildman–Crippen LogP) is 0.202. The number of allylic oxidation sites excluding steroid dienone is 1. The van der Waals surface area contributed by atoms with E-state index >= 15 is 0 Å². The molecule has 13 nitrogen and oxygen atoms in total. The van der Waals surface area contributed by atoms with E-state index in [2.05, 4.69) is 35.0 Å². The molecule has 2 aromatic rings. The van der Waals surface area contributed by atoms with Crippen molar-refractivity contribution < 1.29 is 18.0 Å². The summed E-state index contributed by atoms with van der Waals surface area (Å²) in [6.45, 7) is 0.167. The number of aromatic nitrogens is 4. The van der Waals surface area contributed by atoms with Crippen LogP contribution in [-0.2, 0) is 15.0 Å². The maximum absolute atomic E-state index is 12.4. The minimum Gasteiger partial charge on any atom is -0.382 e. The van der Waals surface area contributed by atoms with E-state index in [1.807, 2.05) is 28.5 Å². The fourth-order valence-corrected chi connectivity index (χ4v) is 7.40. The standard InChI is InChI=1S/C21H29N9O4S2/c22-19-18-20(24-10-23-19)30(11-25-18)13-6-5-12(7-13)8-26-36(33,34)29-16(31)4-2-1-3-15-17-14(9-35-15)27-21(32)28-17/h5-6,10-15,17,26H,1-4,7-9H2,(H,29,31)(H2,22,23,24)(H2,27,28,32)/t12-,13+,14+,15+,17+/m1/s1. The van der Waals surface area contributed by atoms with Gasteiger partial charge in [0.2, 0.25) is 5.91 Å². The maximum atomic E-state index is 12.4. The molecule has 36 heavy (non-hydrogen) atoms. The summed E-state index contributed by atoms with van der Waals surface area (Å²) >= 11 is 1.82. The molecule has 194 valence electrons. The molecule has 2 fully saturated rings. The lowest BCUT2D eigenvalue weighted by molar-refractivity contribution is -0.119. The Balaban J connectivity index is 1.02. The second-order valence-electron chi connectivity index (χ2n) is 9.28. The largest absolute Gasteiger partial charge is 0.382 e. The van der Waals surface area contributed by atoms with Crippen LogP contribution in [0.1, 0.15) is 38.1 Å². The van der Waals surface area contributed by atoms with Crippen molar-refractivity contribution >= 4 is 50.9 Å². The molecule has 2 aliphatic heterocycles. The van der Waals surface area contributed by atoms with Crippen LogP contribution in [0.3, 0.4) is 0 Å². The molecule has 3 aliphatic rings. The summed E-state index contributed by atoms with van der Waals surface area (Å²) in [4.78, 5) is 36.1. The molecular formula is C21H29N9O4S2. The molecule has 2 saturated heterocycles. The number of amides is 3. The third-order valence-corrected chi connectivity index (χ3v) is 9.31. The highest BCUT2D eigenvalue weighted by Crippen LogP contribution is 2.33. The van der Waals surface area contributed by atoms with Gasteiger partial charge in [-0.3, -0.25) is 4.79 Å². The molecule has 0 bridgehead atoms. The van der Waals surface area contributed by atoms with Crippen molar-refractivity contribution in [2.45, 2.75) is 55.5 Å². The number of fused-ring (bicyclic) bond motifs is 2. The average Bonchev–Trinajstić information content (AvgIpc) is 3.59. The number of rotatable bonds is 10. The molecule has 5 rings (SSSR count). The highest BCUT2D eigenvalue weighted by Gasteiger charge is 2.42. The third kappa shape index (κ3) is 5.42. The van der Waals surface area contributed by atoms with Gasteiger partial charge >= 0.3 is 16.2 Å². The van der Waals surface area contributed by atoms with Crippen LogP contribution in [0.5, 0.6) is 0 Å². The minimum atomic E-state index is -3.95. The van der Waals surface area contributed by atoms with E-state index in [4.69, 9.17) is 5.73 Å². The first-order valence-corrected chi connectivity index (χ1v) is 14.4. The van der Waals surface area contributed by atoms with Crippen LogP contribution < -0.4 is 25.8 Å². The first-order chi connectivity index (χ1) is 17.3. The van der Waals surface area contributed by atoms with Gasteiger partial charge in [-0.1, -0.05) is 18.6 Å². The smallest absolute Gasteiger partial charge is 0.315 e. The van der Waals surface area contributed by atoms with Gasteiger partial charge in [-0.2, -0.15) is 24.9 Å². The van der Waals surface area contributed by atoms with Gasteiger partial charge in [0.25, 0.3) is 0 Å². The SMILES string of the molecule is Nc1ncnc2c1ncn2[C@H]1C=C[C@@H](CNS(=O)(=O)NC(=O)CCCC[C@@H]2SC[C@@H]3NC(=O)N[C@@H]32)C1. The number of nitrogens with two attached hydrogens (primary N) is 1. The zero-order valence-electron chi connectivity index (χ0n) is 19.5. The predicted molar refractivity (Wildman–Crippen MR) is 135 cm³/mol. The zero-order valence-corrected chi connectivity index (χ0v) is 21.1. The zero-order chi connectivity index (χ0) is 25.3. The van der Waals surface area contributed by atoms with E-state index in [0.29, 0.717) is 35.1 Å². The molecule has 3 amide bonds. The summed E-state index contributed by atoms with van der Waals surface area (Å²) in [5, 5.41) is 6.17. The fraction of sp³-hybridized carbons (Fsp3) is 0.571. The first-order valence-electron chi connectivity index (χ1n) is 11.9. The van der Waals surface area contributed by atoms with Crippen LogP contribution in [-0.4, -0.2) is 69.5 Å². The Morgan fingerprint density at radius 2 is 2.08 bits per heavy atom. The van der Waals surface area contributed by atoms with Crippen LogP contribution >= 0.6 is 11.8 Å². The van der Waals surface area contributed by atoms with Gasteiger partial charge in [-0.05, 0) is 25.2 Å². The molecule has 0 unspecified atom stereocenters. The minimum absolute atomic E-state index is 0.0324. The summed E-state index contributed by atoms with van der Waals surface area (Å²) in [6, 6.07) is 0.147. The Kier molecular flexibility index (Phi) is 7.03. The number of hydrogen-bond donors (Lipinski definition) is 5. The monoisotopic (exact) mass is 535 g/mol. The van der Waals surface area contributed by atoms with Gasteiger partial charge < -0.3 is 20.9 Å². The summed E-state index contributed by atoms with van der Waals surface area (Å²) in [5.41, 5.74) is 7.01.